The molecule has 0 unspecified atom stereocenters. The molecule has 1 amide bonds. The molecule has 200 valence electrons. The van der Waals surface area contributed by atoms with Crippen LogP contribution in [0.25, 0.3) is 0 Å². The normalized spacial score (nSPS) is 10.9. The second kappa shape index (κ2) is 12.8. The zero-order valence-electron chi connectivity index (χ0n) is 21.3. The Morgan fingerprint density at radius 1 is 1.10 bits per heavy atom. The lowest BCUT2D eigenvalue weighted by atomic mass is 10.1. The van der Waals surface area contributed by atoms with Gasteiger partial charge in [-0.15, -0.1) is 0 Å². The lowest BCUT2D eigenvalue weighted by Crippen LogP contribution is -2.17. The van der Waals surface area contributed by atoms with Crippen LogP contribution in [0.15, 0.2) is 82.4 Å². The van der Waals surface area contributed by atoms with E-state index >= 15 is 0 Å². The van der Waals surface area contributed by atoms with Gasteiger partial charge in [0.25, 0.3) is 5.91 Å². The lowest BCUT2D eigenvalue weighted by Gasteiger charge is -2.14. The first-order valence-corrected chi connectivity index (χ1v) is 12.9. The number of hydrogen-bond acceptors (Lipinski definition) is 7. The Balaban J connectivity index is 1.38. The van der Waals surface area contributed by atoms with Crippen LogP contribution in [0.3, 0.4) is 0 Å². The van der Waals surface area contributed by atoms with Crippen molar-refractivity contribution in [3.8, 4) is 11.5 Å². The van der Waals surface area contributed by atoms with Crippen molar-refractivity contribution in [1.82, 2.24) is 15.2 Å². The van der Waals surface area contributed by atoms with Gasteiger partial charge in [0.05, 0.1) is 40.7 Å². The highest BCUT2D eigenvalue weighted by Crippen LogP contribution is 2.37. The monoisotopic (exact) mass is 591 g/mol. The van der Waals surface area contributed by atoms with Crippen LogP contribution in [0.1, 0.15) is 39.7 Å². The molecule has 0 aliphatic rings. The molecule has 1 N–H and O–H groups in total. The van der Waals surface area contributed by atoms with Gasteiger partial charge in [-0.25, -0.2) is 5.43 Å². The number of hydrogen-bond donors (Lipinski definition) is 1. The number of ether oxygens (including phenoxy) is 2. The van der Waals surface area contributed by atoms with Crippen LogP contribution >= 0.6 is 15.9 Å². The zero-order chi connectivity index (χ0) is 27.8. The molecule has 3 aromatic carbocycles. The molecule has 0 radical (unpaired) electrons. The second-order valence-corrected chi connectivity index (χ2v) is 9.35. The van der Waals surface area contributed by atoms with E-state index in [1.165, 1.54) is 12.3 Å². The van der Waals surface area contributed by atoms with Gasteiger partial charge >= 0.3 is 5.82 Å². The van der Waals surface area contributed by atoms with Crippen LogP contribution in [0, 0.1) is 17.0 Å². The molecule has 0 bridgehead atoms. The fourth-order valence-electron chi connectivity index (χ4n) is 3.70. The number of aromatic nitrogens is 2. The van der Waals surface area contributed by atoms with Crippen molar-refractivity contribution >= 4 is 33.9 Å². The Bertz CT molecular complexity index is 1490. The standard InChI is InChI=1S/C28H26BrN5O5/c1-3-38-25-15-22(14-24(29)27(25)39-18-21-7-5-4-6-8-21)16-30-31-28(35)23-11-9-20(10-12-23)17-33-19(2)13-26(32-33)34(36)37/h4-16H,3,17-18H2,1-2H3,(H,31,35). The number of halogens is 1. The number of carbonyl (C=O) groups is 1. The van der Waals surface area contributed by atoms with Gasteiger partial charge in [-0.1, -0.05) is 42.5 Å². The molecule has 39 heavy (non-hydrogen) atoms. The quantitative estimate of drug-likeness (QED) is 0.137. The third-order valence-electron chi connectivity index (χ3n) is 5.64. The summed E-state index contributed by atoms with van der Waals surface area (Å²) in [5.41, 5.74) is 6.20. The molecule has 0 aliphatic heterocycles. The zero-order valence-corrected chi connectivity index (χ0v) is 22.9. The third-order valence-corrected chi connectivity index (χ3v) is 6.23. The minimum Gasteiger partial charge on any atom is -0.490 e. The minimum atomic E-state index is -0.526. The van der Waals surface area contributed by atoms with E-state index in [1.807, 2.05) is 43.3 Å². The van der Waals surface area contributed by atoms with Gasteiger partial charge in [0.1, 0.15) is 6.61 Å². The molecular weight excluding hydrogens is 566 g/mol. The Hall–Kier alpha value is -4.51. The first-order chi connectivity index (χ1) is 18.8. The number of benzene rings is 3. The van der Waals surface area contributed by atoms with Crippen molar-refractivity contribution in [2.75, 3.05) is 6.61 Å². The van der Waals surface area contributed by atoms with Gasteiger partial charge in [0.15, 0.2) is 11.5 Å². The topological polar surface area (TPSA) is 121 Å². The van der Waals surface area contributed by atoms with Crippen LogP contribution in [-0.4, -0.2) is 33.4 Å². The van der Waals surface area contributed by atoms with Crippen molar-refractivity contribution in [2.24, 2.45) is 5.10 Å². The number of hydrazone groups is 1. The van der Waals surface area contributed by atoms with E-state index in [9.17, 15) is 14.9 Å². The predicted octanol–water partition coefficient (Wildman–Crippen LogP) is 5.65. The van der Waals surface area contributed by atoms with Gasteiger partial charge in [-0.2, -0.15) is 9.78 Å². The van der Waals surface area contributed by atoms with Crippen LogP contribution in [0.5, 0.6) is 11.5 Å². The highest BCUT2D eigenvalue weighted by Gasteiger charge is 2.16. The Morgan fingerprint density at radius 2 is 1.85 bits per heavy atom. The summed E-state index contributed by atoms with van der Waals surface area (Å²) in [7, 11) is 0. The first kappa shape index (κ1) is 27.5. The van der Waals surface area contributed by atoms with Crippen molar-refractivity contribution in [3.63, 3.8) is 0 Å². The Morgan fingerprint density at radius 3 is 2.51 bits per heavy atom. The average Bonchev–Trinajstić information content (AvgIpc) is 3.29. The SMILES string of the molecule is CCOc1cc(C=NNC(=O)c2ccc(Cn3nc([N+](=O)[O-])cc3C)cc2)cc(Br)c1OCc1ccccc1. The van der Waals surface area contributed by atoms with Crippen LogP contribution < -0.4 is 14.9 Å². The summed E-state index contributed by atoms with van der Waals surface area (Å²) in [6, 6.07) is 21.7. The van der Waals surface area contributed by atoms with Gasteiger partial charge in [-0.3, -0.25) is 4.79 Å². The Labute approximate surface area is 233 Å². The first-order valence-electron chi connectivity index (χ1n) is 12.1. The summed E-state index contributed by atoms with van der Waals surface area (Å²) in [6.45, 7) is 4.84. The summed E-state index contributed by atoms with van der Waals surface area (Å²) in [5.74, 6) is 0.567. The molecule has 0 saturated heterocycles. The van der Waals surface area contributed by atoms with Gasteiger partial charge in [0, 0.05) is 5.56 Å². The van der Waals surface area contributed by atoms with Crippen LogP contribution in [0.4, 0.5) is 5.82 Å². The van der Waals surface area contributed by atoms with Gasteiger partial charge in [-0.05, 0) is 75.7 Å². The maximum Gasteiger partial charge on any atom is 0.390 e. The molecule has 0 fully saturated rings. The van der Waals surface area contributed by atoms with E-state index in [0.29, 0.717) is 52.6 Å². The summed E-state index contributed by atoms with van der Waals surface area (Å²) in [6.07, 6.45) is 1.52. The molecule has 0 saturated carbocycles. The van der Waals surface area contributed by atoms with Crippen LogP contribution in [-0.2, 0) is 13.2 Å². The molecular formula is C28H26BrN5O5. The molecule has 1 heterocycles. The van der Waals surface area contributed by atoms with E-state index in [4.69, 9.17) is 9.47 Å². The maximum atomic E-state index is 12.6. The number of nitro groups is 1. The molecule has 11 heteroatoms. The highest BCUT2D eigenvalue weighted by molar-refractivity contribution is 9.10. The predicted molar refractivity (Wildman–Crippen MR) is 150 cm³/mol. The second-order valence-electron chi connectivity index (χ2n) is 8.49. The van der Waals surface area contributed by atoms with Crippen molar-refractivity contribution in [1.29, 1.82) is 0 Å². The summed E-state index contributed by atoms with van der Waals surface area (Å²) in [5, 5.41) is 19.0. The van der Waals surface area contributed by atoms with Crippen LogP contribution in [0.2, 0.25) is 0 Å². The summed E-state index contributed by atoms with van der Waals surface area (Å²) >= 11 is 3.55. The maximum absolute atomic E-state index is 12.6. The Kier molecular flexibility index (Phi) is 9.06. The number of rotatable bonds is 11. The van der Waals surface area contributed by atoms with E-state index in [1.54, 1.807) is 41.9 Å². The van der Waals surface area contributed by atoms with E-state index < -0.39 is 4.92 Å². The molecule has 0 atom stereocenters. The van der Waals surface area contributed by atoms with E-state index in [2.05, 4.69) is 31.6 Å². The van der Waals surface area contributed by atoms with Crippen molar-refractivity contribution < 1.29 is 19.2 Å². The molecule has 4 rings (SSSR count). The minimum absolute atomic E-state index is 0.198. The number of nitrogens with zero attached hydrogens (tertiary/aromatic N) is 4. The van der Waals surface area contributed by atoms with Crippen molar-refractivity contribution in [2.45, 2.75) is 27.0 Å². The summed E-state index contributed by atoms with van der Waals surface area (Å²) < 4.78 is 14.0. The third kappa shape index (κ3) is 7.29. The fraction of sp³-hybridized carbons (Fsp3) is 0.179. The largest absolute Gasteiger partial charge is 0.490 e. The molecule has 4 aromatic rings. The van der Waals surface area contributed by atoms with Crippen molar-refractivity contribution in [3.05, 3.63) is 115 Å². The van der Waals surface area contributed by atoms with E-state index in [0.717, 1.165) is 11.1 Å². The summed E-state index contributed by atoms with van der Waals surface area (Å²) in [4.78, 5) is 23.0. The molecule has 0 aliphatic carbocycles. The molecule has 1 aromatic heterocycles. The molecule has 10 nitrogen and oxygen atoms in total. The highest BCUT2D eigenvalue weighted by atomic mass is 79.9. The fourth-order valence-corrected chi connectivity index (χ4v) is 4.28. The number of amides is 1. The number of nitrogens with one attached hydrogen (secondary N) is 1. The number of carbonyl (C=O) groups excluding carboxylic acids is 1. The average molecular weight is 592 g/mol. The smallest absolute Gasteiger partial charge is 0.390 e. The number of aryl methyl sites for hydroxylation is 1. The molecule has 0 spiro atoms. The van der Waals surface area contributed by atoms with E-state index in [-0.39, 0.29) is 11.7 Å². The van der Waals surface area contributed by atoms with Gasteiger partial charge < -0.3 is 19.6 Å². The lowest BCUT2D eigenvalue weighted by molar-refractivity contribution is -0.389. The van der Waals surface area contributed by atoms with Gasteiger partial charge in [0.2, 0.25) is 0 Å².